The van der Waals surface area contributed by atoms with Crippen molar-refractivity contribution >= 4 is 16.9 Å². The number of aromatic nitrogens is 2. The first-order valence-electron chi connectivity index (χ1n) is 8.71. The molecule has 2 heterocycles. The number of carbonyl (C=O) groups excluding carboxylic acids is 1. The second kappa shape index (κ2) is 7.45. The van der Waals surface area contributed by atoms with Crippen LogP contribution in [-0.4, -0.2) is 72.1 Å². The predicted octanol–water partition coefficient (Wildman–Crippen LogP) is 2.06. The summed E-state index contributed by atoms with van der Waals surface area (Å²) in [6.07, 6.45) is 3.30. The molecule has 1 fully saturated rings. The maximum absolute atomic E-state index is 12.8. The van der Waals surface area contributed by atoms with Gasteiger partial charge in [0.15, 0.2) is 0 Å². The third-order valence-electron chi connectivity index (χ3n) is 4.48. The summed E-state index contributed by atoms with van der Waals surface area (Å²) in [6.45, 7) is 9.58. The van der Waals surface area contributed by atoms with Crippen LogP contribution < -0.4 is 0 Å². The van der Waals surface area contributed by atoms with Crippen molar-refractivity contribution in [2.45, 2.75) is 13.8 Å². The van der Waals surface area contributed by atoms with E-state index in [2.05, 4.69) is 28.7 Å². The molecule has 1 aromatic carbocycles. The van der Waals surface area contributed by atoms with Crippen molar-refractivity contribution in [1.29, 1.82) is 0 Å². The molecule has 25 heavy (non-hydrogen) atoms. The van der Waals surface area contributed by atoms with Gasteiger partial charge in [-0.05, 0) is 23.6 Å². The number of amides is 1. The number of rotatable bonds is 5. The van der Waals surface area contributed by atoms with Crippen LogP contribution in [0.2, 0.25) is 0 Å². The smallest absolute Gasteiger partial charge is 0.253 e. The zero-order valence-corrected chi connectivity index (χ0v) is 15.2. The van der Waals surface area contributed by atoms with E-state index < -0.39 is 0 Å². The molecule has 0 unspecified atom stereocenters. The average molecular weight is 342 g/mol. The molecule has 0 radical (unpaired) electrons. The molecule has 0 spiro atoms. The molecule has 2 aromatic rings. The summed E-state index contributed by atoms with van der Waals surface area (Å²) in [5.74, 6) is 0.0163. The Morgan fingerprint density at radius 1 is 1.20 bits per heavy atom. The molecular formula is C19H26N4O2. The second-order valence-corrected chi connectivity index (χ2v) is 7.47. The Hall–Kier alpha value is -2.05. The number of fused-ring (bicyclic) bond motifs is 1. The van der Waals surface area contributed by atoms with E-state index in [1.54, 1.807) is 17.3 Å². The van der Waals surface area contributed by atoms with E-state index in [0.29, 0.717) is 12.1 Å². The summed E-state index contributed by atoms with van der Waals surface area (Å²) in [5.41, 5.74) is 2.21. The molecule has 1 aliphatic rings. The van der Waals surface area contributed by atoms with Gasteiger partial charge in [0.1, 0.15) is 0 Å². The standard InChI is InChI=1S/C19H26N4O2/c1-19(2,14-23-8-10-25-11-9-23)13-22(3)18(24)15-4-5-16-17(12-15)21-7-6-20-16/h4-7,12H,8-11,13-14H2,1-3H3. The molecule has 3 rings (SSSR count). The maximum atomic E-state index is 12.8. The third kappa shape index (κ3) is 4.52. The Balaban J connectivity index is 1.66. The van der Waals surface area contributed by atoms with Gasteiger partial charge in [0.25, 0.3) is 5.91 Å². The van der Waals surface area contributed by atoms with Crippen LogP contribution in [0.5, 0.6) is 0 Å². The van der Waals surface area contributed by atoms with Crippen molar-refractivity contribution in [3.8, 4) is 0 Å². The Kier molecular flexibility index (Phi) is 5.30. The lowest BCUT2D eigenvalue weighted by molar-refractivity contribution is 0.0163. The van der Waals surface area contributed by atoms with Gasteiger partial charge in [0.2, 0.25) is 0 Å². The monoisotopic (exact) mass is 342 g/mol. The third-order valence-corrected chi connectivity index (χ3v) is 4.48. The molecule has 0 bridgehead atoms. The Labute approximate surface area is 148 Å². The average Bonchev–Trinajstić information content (AvgIpc) is 2.60. The zero-order chi connectivity index (χ0) is 17.9. The summed E-state index contributed by atoms with van der Waals surface area (Å²) in [7, 11) is 1.87. The Morgan fingerprint density at radius 2 is 1.88 bits per heavy atom. The maximum Gasteiger partial charge on any atom is 0.253 e. The molecule has 134 valence electrons. The largest absolute Gasteiger partial charge is 0.379 e. The topological polar surface area (TPSA) is 58.6 Å². The highest BCUT2D eigenvalue weighted by molar-refractivity contribution is 5.97. The van der Waals surface area contributed by atoms with Crippen molar-refractivity contribution in [2.24, 2.45) is 5.41 Å². The summed E-state index contributed by atoms with van der Waals surface area (Å²) in [4.78, 5) is 25.5. The van der Waals surface area contributed by atoms with Crippen LogP contribution in [0.1, 0.15) is 24.2 Å². The van der Waals surface area contributed by atoms with E-state index in [1.165, 1.54) is 0 Å². The van der Waals surface area contributed by atoms with Crippen molar-refractivity contribution in [3.63, 3.8) is 0 Å². The molecule has 1 saturated heterocycles. The van der Waals surface area contributed by atoms with Gasteiger partial charge < -0.3 is 9.64 Å². The van der Waals surface area contributed by atoms with Gasteiger partial charge in [0, 0.05) is 51.2 Å². The minimum atomic E-state index is 0.0123. The first-order chi connectivity index (χ1) is 11.9. The molecule has 6 heteroatoms. The molecule has 1 aliphatic heterocycles. The minimum Gasteiger partial charge on any atom is -0.379 e. The first-order valence-corrected chi connectivity index (χ1v) is 8.71. The van der Waals surface area contributed by atoms with Crippen molar-refractivity contribution in [1.82, 2.24) is 19.8 Å². The van der Waals surface area contributed by atoms with Gasteiger partial charge in [0.05, 0.1) is 24.2 Å². The predicted molar refractivity (Wildman–Crippen MR) is 97.5 cm³/mol. The fourth-order valence-electron chi connectivity index (χ4n) is 3.45. The van der Waals surface area contributed by atoms with Gasteiger partial charge in [-0.15, -0.1) is 0 Å². The van der Waals surface area contributed by atoms with Gasteiger partial charge >= 0.3 is 0 Å². The number of morpholine rings is 1. The van der Waals surface area contributed by atoms with Crippen LogP contribution in [0.3, 0.4) is 0 Å². The number of nitrogens with zero attached hydrogens (tertiary/aromatic N) is 4. The highest BCUT2D eigenvalue weighted by atomic mass is 16.5. The lowest BCUT2D eigenvalue weighted by atomic mass is 9.91. The molecule has 6 nitrogen and oxygen atoms in total. The zero-order valence-electron chi connectivity index (χ0n) is 15.2. The van der Waals surface area contributed by atoms with Gasteiger partial charge in [-0.25, -0.2) is 0 Å². The number of hydrogen-bond acceptors (Lipinski definition) is 5. The number of carbonyl (C=O) groups is 1. The Bertz CT molecular complexity index is 741. The number of benzene rings is 1. The number of hydrogen-bond donors (Lipinski definition) is 0. The highest BCUT2D eigenvalue weighted by Crippen LogP contribution is 2.21. The second-order valence-electron chi connectivity index (χ2n) is 7.47. The molecule has 0 atom stereocenters. The van der Waals surface area contributed by atoms with Crippen molar-refractivity contribution in [2.75, 3.05) is 46.4 Å². The fourth-order valence-corrected chi connectivity index (χ4v) is 3.45. The highest BCUT2D eigenvalue weighted by Gasteiger charge is 2.27. The quantitative estimate of drug-likeness (QED) is 0.832. The van der Waals surface area contributed by atoms with Gasteiger partial charge in [-0.1, -0.05) is 13.8 Å². The van der Waals surface area contributed by atoms with E-state index in [4.69, 9.17) is 4.74 Å². The minimum absolute atomic E-state index is 0.0123. The van der Waals surface area contributed by atoms with Crippen LogP contribution in [0.4, 0.5) is 0 Å². The van der Waals surface area contributed by atoms with E-state index >= 15 is 0 Å². The van der Waals surface area contributed by atoms with Crippen molar-refractivity contribution < 1.29 is 9.53 Å². The summed E-state index contributed by atoms with van der Waals surface area (Å²) in [6, 6.07) is 5.49. The van der Waals surface area contributed by atoms with Gasteiger partial charge in [-0.3, -0.25) is 19.7 Å². The molecule has 0 saturated carbocycles. The SMILES string of the molecule is CN(CC(C)(C)CN1CCOCC1)C(=O)c1ccc2nccnc2c1. The summed E-state index contributed by atoms with van der Waals surface area (Å²) < 4.78 is 5.41. The normalized spacial score (nSPS) is 16.1. The van der Waals surface area contributed by atoms with E-state index in [9.17, 15) is 4.79 Å². The summed E-state index contributed by atoms with van der Waals surface area (Å²) >= 11 is 0. The van der Waals surface area contributed by atoms with Crippen LogP contribution in [0, 0.1) is 5.41 Å². The fraction of sp³-hybridized carbons (Fsp3) is 0.526. The molecule has 1 amide bonds. The molecule has 1 aromatic heterocycles. The van der Waals surface area contributed by atoms with Crippen LogP contribution in [-0.2, 0) is 4.74 Å². The first kappa shape index (κ1) is 17.8. The molecule has 0 aliphatic carbocycles. The van der Waals surface area contributed by atoms with E-state index in [1.807, 2.05) is 25.2 Å². The van der Waals surface area contributed by atoms with E-state index in [0.717, 1.165) is 43.9 Å². The Morgan fingerprint density at radius 3 is 2.60 bits per heavy atom. The van der Waals surface area contributed by atoms with E-state index in [-0.39, 0.29) is 11.3 Å². The van der Waals surface area contributed by atoms with Crippen molar-refractivity contribution in [3.05, 3.63) is 36.2 Å². The van der Waals surface area contributed by atoms with Crippen LogP contribution in [0.15, 0.2) is 30.6 Å². The van der Waals surface area contributed by atoms with Crippen LogP contribution in [0.25, 0.3) is 11.0 Å². The van der Waals surface area contributed by atoms with Gasteiger partial charge in [-0.2, -0.15) is 0 Å². The lowest BCUT2D eigenvalue weighted by Crippen LogP contribution is -2.46. The van der Waals surface area contributed by atoms with Crippen LogP contribution >= 0.6 is 0 Å². The molecule has 0 N–H and O–H groups in total. The lowest BCUT2D eigenvalue weighted by Gasteiger charge is -2.37. The number of ether oxygens (including phenoxy) is 1. The summed E-state index contributed by atoms with van der Waals surface area (Å²) in [5, 5.41) is 0. The molecular weight excluding hydrogens is 316 g/mol.